The normalized spacial score (nSPS) is 57.4. The second kappa shape index (κ2) is 4.90. The Balaban J connectivity index is 1.56. The largest absolute Gasteiger partial charge is 0.382 e. The third-order valence-corrected chi connectivity index (χ3v) is 9.94. The molecule has 0 saturated heterocycles. The van der Waals surface area contributed by atoms with Gasteiger partial charge in [-0.2, -0.15) is 0 Å². The summed E-state index contributed by atoms with van der Waals surface area (Å²) in [7, 11) is 0. The van der Waals surface area contributed by atoms with Crippen LogP contribution in [0, 0.1) is 46.3 Å². The highest BCUT2D eigenvalue weighted by Gasteiger charge is 2.69. The molecule has 0 aliphatic heterocycles. The van der Waals surface area contributed by atoms with Crippen LogP contribution in [0.5, 0.6) is 0 Å². The molecule has 5 aliphatic rings. The monoisotopic (exact) mass is 356 g/mol. The molecule has 4 saturated carbocycles. The molecule has 5 aliphatic carbocycles. The standard InChI is InChI=1S/C23H32O3/c1-12-9-14-16-6-8-23(26,13(2)24)21(16,3)7-5-17(14)22(4)18(12)11-20(25)15-10-19(15)22/h11-12,14-17,19,26H,5-10H2,1-4H3/t12-,14-,15+,16-,17-,19-,21-,22+,23-/m0/s1. The highest BCUT2D eigenvalue weighted by Crippen LogP contribution is 2.72. The number of allylic oxidation sites excluding steroid dienone is 1. The van der Waals surface area contributed by atoms with Gasteiger partial charge in [-0.25, -0.2) is 0 Å². The Labute approximate surface area is 156 Å². The van der Waals surface area contributed by atoms with Crippen LogP contribution < -0.4 is 0 Å². The Morgan fingerprint density at radius 3 is 2.50 bits per heavy atom. The van der Waals surface area contributed by atoms with Gasteiger partial charge in [-0.05, 0) is 86.5 Å². The molecule has 0 aromatic heterocycles. The SMILES string of the molecule is CC(=O)[C@@]1(O)CC[C@H]2[C@@H]3C[C@H](C)C4=CC(=O)[C@@H]5C[C@@H]5[C@]4(C)[C@H]3CC[C@@]21C. The van der Waals surface area contributed by atoms with Gasteiger partial charge in [-0.15, -0.1) is 0 Å². The fourth-order valence-electron chi connectivity index (χ4n) is 8.45. The minimum atomic E-state index is -1.13. The molecule has 0 unspecified atom stereocenters. The van der Waals surface area contributed by atoms with Crippen molar-refractivity contribution in [1.82, 2.24) is 0 Å². The van der Waals surface area contributed by atoms with Crippen LogP contribution >= 0.6 is 0 Å². The van der Waals surface area contributed by atoms with Gasteiger partial charge in [0.2, 0.25) is 0 Å². The first-order valence-corrected chi connectivity index (χ1v) is 10.6. The van der Waals surface area contributed by atoms with Crippen LogP contribution in [0.15, 0.2) is 11.6 Å². The minimum Gasteiger partial charge on any atom is -0.382 e. The number of carbonyl (C=O) groups is 2. The first kappa shape index (κ1) is 17.2. The summed E-state index contributed by atoms with van der Waals surface area (Å²) in [5.74, 6) is 3.23. The minimum absolute atomic E-state index is 0.0397. The van der Waals surface area contributed by atoms with Crippen LogP contribution in [-0.2, 0) is 9.59 Å². The first-order chi connectivity index (χ1) is 12.1. The van der Waals surface area contributed by atoms with Gasteiger partial charge in [0.1, 0.15) is 5.60 Å². The van der Waals surface area contributed by atoms with Crippen molar-refractivity contribution < 1.29 is 14.7 Å². The molecule has 0 heterocycles. The predicted octanol–water partition coefficient (Wildman–Crippen LogP) is 3.94. The molecular formula is C23H32O3. The van der Waals surface area contributed by atoms with Crippen molar-refractivity contribution >= 4 is 11.6 Å². The van der Waals surface area contributed by atoms with Gasteiger partial charge >= 0.3 is 0 Å². The summed E-state index contributed by atoms with van der Waals surface area (Å²) in [6.45, 7) is 8.50. The Kier molecular flexibility index (Phi) is 3.23. The summed E-state index contributed by atoms with van der Waals surface area (Å²) in [5, 5.41) is 11.3. The zero-order valence-electron chi connectivity index (χ0n) is 16.5. The average molecular weight is 357 g/mol. The number of hydrogen-bond donors (Lipinski definition) is 1. The fourth-order valence-corrected chi connectivity index (χ4v) is 8.45. The molecule has 142 valence electrons. The molecule has 0 radical (unpaired) electrons. The molecule has 26 heavy (non-hydrogen) atoms. The maximum absolute atomic E-state index is 12.4. The lowest BCUT2D eigenvalue weighted by Crippen LogP contribution is -2.58. The predicted molar refractivity (Wildman–Crippen MR) is 99.3 cm³/mol. The van der Waals surface area contributed by atoms with Crippen LogP contribution in [0.2, 0.25) is 0 Å². The van der Waals surface area contributed by atoms with Crippen LogP contribution in [-0.4, -0.2) is 22.3 Å². The van der Waals surface area contributed by atoms with Crippen LogP contribution in [0.3, 0.4) is 0 Å². The van der Waals surface area contributed by atoms with Crippen molar-refractivity contribution in [2.45, 2.75) is 71.8 Å². The molecule has 9 atom stereocenters. The van der Waals surface area contributed by atoms with E-state index in [1.165, 1.54) is 5.57 Å². The van der Waals surface area contributed by atoms with Gasteiger partial charge in [0, 0.05) is 11.3 Å². The van der Waals surface area contributed by atoms with Crippen LogP contribution in [0.25, 0.3) is 0 Å². The lowest BCUT2D eigenvalue weighted by molar-refractivity contribution is -0.161. The third-order valence-electron chi connectivity index (χ3n) is 9.94. The van der Waals surface area contributed by atoms with Crippen molar-refractivity contribution in [3.05, 3.63) is 11.6 Å². The number of ketones is 2. The maximum Gasteiger partial charge on any atom is 0.161 e. The van der Waals surface area contributed by atoms with E-state index in [0.29, 0.717) is 41.8 Å². The Morgan fingerprint density at radius 2 is 1.81 bits per heavy atom. The van der Waals surface area contributed by atoms with Gasteiger partial charge in [0.15, 0.2) is 11.6 Å². The molecule has 0 amide bonds. The zero-order chi connectivity index (χ0) is 18.6. The maximum atomic E-state index is 12.4. The van der Waals surface area contributed by atoms with E-state index in [2.05, 4.69) is 20.8 Å². The van der Waals surface area contributed by atoms with E-state index in [0.717, 1.165) is 32.1 Å². The number of Topliss-reactive ketones (excluding diaryl/α,β-unsaturated/α-hetero) is 1. The van der Waals surface area contributed by atoms with Crippen molar-refractivity contribution in [1.29, 1.82) is 0 Å². The lowest BCUT2D eigenvalue weighted by atomic mass is 9.44. The van der Waals surface area contributed by atoms with E-state index in [-0.39, 0.29) is 22.5 Å². The molecule has 0 aromatic carbocycles. The highest BCUT2D eigenvalue weighted by molar-refractivity contribution is 5.96. The van der Waals surface area contributed by atoms with E-state index in [1.807, 2.05) is 6.08 Å². The van der Waals surface area contributed by atoms with Gasteiger partial charge < -0.3 is 5.11 Å². The van der Waals surface area contributed by atoms with E-state index in [1.54, 1.807) is 6.92 Å². The number of rotatable bonds is 1. The average Bonchev–Trinajstić information content (AvgIpc) is 3.33. The van der Waals surface area contributed by atoms with E-state index < -0.39 is 5.60 Å². The number of hydrogen-bond acceptors (Lipinski definition) is 3. The third kappa shape index (κ3) is 1.75. The summed E-state index contributed by atoms with van der Waals surface area (Å²) in [6.07, 6.45) is 7.84. The van der Waals surface area contributed by atoms with Gasteiger partial charge in [-0.1, -0.05) is 26.3 Å². The van der Waals surface area contributed by atoms with Crippen molar-refractivity contribution in [2.24, 2.45) is 46.3 Å². The van der Waals surface area contributed by atoms with E-state index in [4.69, 9.17) is 0 Å². The summed E-state index contributed by atoms with van der Waals surface area (Å²) >= 11 is 0. The highest BCUT2D eigenvalue weighted by atomic mass is 16.3. The van der Waals surface area contributed by atoms with E-state index >= 15 is 0 Å². The molecule has 3 heteroatoms. The first-order valence-electron chi connectivity index (χ1n) is 10.6. The van der Waals surface area contributed by atoms with Crippen molar-refractivity contribution in [3.63, 3.8) is 0 Å². The van der Waals surface area contributed by atoms with Crippen LogP contribution in [0.1, 0.15) is 66.2 Å². The summed E-state index contributed by atoms with van der Waals surface area (Å²) in [5.41, 5.74) is 0.184. The molecule has 5 rings (SSSR count). The van der Waals surface area contributed by atoms with Gasteiger partial charge in [0.05, 0.1) is 0 Å². The molecular weight excluding hydrogens is 324 g/mol. The summed E-state index contributed by atoms with van der Waals surface area (Å²) in [6, 6.07) is 0. The molecule has 0 bridgehead atoms. The lowest BCUT2D eigenvalue weighted by Gasteiger charge is -2.60. The Hall–Kier alpha value is -0.960. The van der Waals surface area contributed by atoms with E-state index in [9.17, 15) is 14.7 Å². The zero-order valence-corrected chi connectivity index (χ0v) is 16.5. The second-order valence-electron chi connectivity index (χ2n) is 10.7. The van der Waals surface area contributed by atoms with Crippen molar-refractivity contribution in [3.8, 4) is 0 Å². The van der Waals surface area contributed by atoms with Crippen LogP contribution in [0.4, 0.5) is 0 Å². The molecule has 1 N–H and O–H groups in total. The van der Waals surface area contributed by atoms with Gasteiger partial charge in [0.25, 0.3) is 0 Å². The Morgan fingerprint density at radius 1 is 1.12 bits per heavy atom. The molecule has 4 fully saturated rings. The smallest absolute Gasteiger partial charge is 0.161 e. The fraction of sp³-hybridized carbons (Fsp3) is 0.826. The quantitative estimate of drug-likeness (QED) is 0.774. The Bertz CT molecular complexity index is 738. The summed E-state index contributed by atoms with van der Waals surface area (Å²) < 4.78 is 0. The molecule has 3 nitrogen and oxygen atoms in total. The van der Waals surface area contributed by atoms with Crippen molar-refractivity contribution in [2.75, 3.05) is 0 Å². The molecule has 0 aromatic rings. The van der Waals surface area contributed by atoms with Gasteiger partial charge in [-0.3, -0.25) is 9.59 Å². The number of aliphatic hydroxyl groups is 1. The number of fused-ring (bicyclic) bond motifs is 7. The second-order valence-corrected chi connectivity index (χ2v) is 10.7. The summed E-state index contributed by atoms with van der Waals surface area (Å²) in [4.78, 5) is 24.7. The number of carbonyl (C=O) groups excluding carboxylic acids is 2. The topological polar surface area (TPSA) is 54.4 Å². The molecule has 0 spiro atoms.